The molecule has 2 rings (SSSR count). The van der Waals surface area contributed by atoms with Crippen molar-refractivity contribution in [3.8, 4) is 5.75 Å². The highest BCUT2D eigenvalue weighted by atomic mass is 35.5. The summed E-state index contributed by atoms with van der Waals surface area (Å²) in [7, 11) is 0. The Hall–Kier alpha value is -1.63. The van der Waals surface area contributed by atoms with E-state index in [4.69, 9.17) is 39.5 Å². The zero-order chi connectivity index (χ0) is 18.8. The van der Waals surface area contributed by atoms with E-state index in [0.29, 0.717) is 5.02 Å². The molecule has 0 aromatic heterocycles. The van der Waals surface area contributed by atoms with Crippen molar-refractivity contribution in [1.82, 2.24) is 0 Å². The van der Waals surface area contributed by atoms with E-state index in [1.165, 1.54) is 31.2 Å². The topological polar surface area (TPSA) is 38.3 Å². The number of anilines is 1. The summed E-state index contributed by atoms with van der Waals surface area (Å²) in [6.07, 6.45) is -5.64. The number of halogens is 6. The largest absolute Gasteiger partial charge is 0.479 e. The van der Waals surface area contributed by atoms with E-state index in [1.54, 1.807) is 0 Å². The zero-order valence-corrected chi connectivity index (χ0v) is 14.9. The predicted octanol–water partition coefficient (Wildman–Crippen LogP) is 6.07. The van der Waals surface area contributed by atoms with E-state index in [0.717, 1.165) is 12.1 Å². The molecule has 0 radical (unpaired) electrons. The molecule has 0 aliphatic heterocycles. The monoisotopic (exact) mass is 411 g/mol. The average molecular weight is 413 g/mol. The second-order valence-electron chi connectivity index (χ2n) is 5.02. The SMILES string of the molecule is CC(Oc1ccc(Cl)cc1Cl)C(=O)Nc1ccc(Cl)c(C(F)(F)F)c1. The summed E-state index contributed by atoms with van der Waals surface area (Å²) in [5, 5.41) is 2.49. The molecule has 3 nitrogen and oxygen atoms in total. The molecule has 0 bridgehead atoms. The fourth-order valence-electron chi connectivity index (χ4n) is 1.88. The fourth-order valence-corrected chi connectivity index (χ4v) is 2.56. The maximum Gasteiger partial charge on any atom is 0.417 e. The van der Waals surface area contributed by atoms with Gasteiger partial charge in [-0.1, -0.05) is 34.8 Å². The van der Waals surface area contributed by atoms with Gasteiger partial charge in [-0.15, -0.1) is 0 Å². The van der Waals surface area contributed by atoms with Crippen LogP contribution in [0.3, 0.4) is 0 Å². The molecule has 25 heavy (non-hydrogen) atoms. The Bertz CT molecular complexity index is 797. The molecule has 0 fully saturated rings. The van der Waals surface area contributed by atoms with Gasteiger partial charge in [0.1, 0.15) is 5.75 Å². The van der Waals surface area contributed by atoms with Crippen LogP contribution >= 0.6 is 34.8 Å². The van der Waals surface area contributed by atoms with E-state index in [1.807, 2.05) is 0 Å². The Balaban J connectivity index is 2.11. The standard InChI is InChI=1S/C16H11Cl3F3NO2/c1-8(25-14-5-2-9(17)6-13(14)19)15(24)23-10-3-4-12(18)11(7-10)16(20,21)22/h2-8H,1H3,(H,23,24). The summed E-state index contributed by atoms with van der Waals surface area (Å²) >= 11 is 17.2. The summed E-state index contributed by atoms with van der Waals surface area (Å²) in [6.45, 7) is 1.43. The molecule has 2 aromatic carbocycles. The normalized spacial score (nSPS) is 12.6. The van der Waals surface area contributed by atoms with Gasteiger partial charge in [-0.3, -0.25) is 4.79 Å². The van der Waals surface area contributed by atoms with Gasteiger partial charge in [-0.2, -0.15) is 13.2 Å². The van der Waals surface area contributed by atoms with Gasteiger partial charge in [0.25, 0.3) is 5.91 Å². The van der Waals surface area contributed by atoms with Crippen molar-refractivity contribution in [3.63, 3.8) is 0 Å². The summed E-state index contributed by atoms with van der Waals surface area (Å²) in [5.41, 5.74) is -1.10. The molecule has 0 heterocycles. The highest BCUT2D eigenvalue weighted by molar-refractivity contribution is 6.35. The highest BCUT2D eigenvalue weighted by Gasteiger charge is 2.33. The van der Waals surface area contributed by atoms with Crippen LogP contribution in [0.1, 0.15) is 12.5 Å². The average Bonchev–Trinajstić information content (AvgIpc) is 2.50. The molecular weight excluding hydrogens is 402 g/mol. The van der Waals surface area contributed by atoms with Crippen LogP contribution in [-0.2, 0) is 11.0 Å². The van der Waals surface area contributed by atoms with Gasteiger partial charge in [0, 0.05) is 10.7 Å². The van der Waals surface area contributed by atoms with Crippen molar-refractivity contribution < 1.29 is 22.7 Å². The molecule has 1 unspecified atom stereocenters. The van der Waals surface area contributed by atoms with E-state index in [9.17, 15) is 18.0 Å². The van der Waals surface area contributed by atoms with Crippen molar-refractivity contribution in [2.24, 2.45) is 0 Å². The van der Waals surface area contributed by atoms with Crippen LogP contribution in [0.2, 0.25) is 15.1 Å². The maximum atomic E-state index is 12.8. The number of hydrogen-bond donors (Lipinski definition) is 1. The van der Waals surface area contributed by atoms with Crippen LogP contribution in [0, 0.1) is 0 Å². The first-order valence-electron chi connectivity index (χ1n) is 6.87. The van der Waals surface area contributed by atoms with Crippen LogP contribution in [0.15, 0.2) is 36.4 Å². The van der Waals surface area contributed by atoms with Crippen molar-refractivity contribution in [2.75, 3.05) is 5.32 Å². The van der Waals surface area contributed by atoms with Gasteiger partial charge in [-0.05, 0) is 43.3 Å². The van der Waals surface area contributed by atoms with E-state index >= 15 is 0 Å². The fraction of sp³-hybridized carbons (Fsp3) is 0.188. The second kappa shape index (κ2) is 7.72. The van der Waals surface area contributed by atoms with E-state index in [-0.39, 0.29) is 16.5 Å². The number of carbonyl (C=O) groups excluding carboxylic acids is 1. The van der Waals surface area contributed by atoms with E-state index in [2.05, 4.69) is 5.32 Å². The van der Waals surface area contributed by atoms with Crippen LogP contribution in [0.25, 0.3) is 0 Å². The van der Waals surface area contributed by atoms with Crippen LogP contribution in [0.4, 0.5) is 18.9 Å². The zero-order valence-electron chi connectivity index (χ0n) is 12.6. The number of amides is 1. The van der Waals surface area contributed by atoms with Gasteiger partial charge in [0.2, 0.25) is 0 Å². The smallest absolute Gasteiger partial charge is 0.417 e. The van der Waals surface area contributed by atoms with Crippen molar-refractivity contribution >= 4 is 46.4 Å². The number of carbonyl (C=O) groups is 1. The Morgan fingerprint density at radius 2 is 1.76 bits per heavy atom. The number of hydrogen-bond acceptors (Lipinski definition) is 2. The third-order valence-electron chi connectivity index (χ3n) is 3.11. The summed E-state index contributed by atoms with van der Waals surface area (Å²) < 4.78 is 43.9. The highest BCUT2D eigenvalue weighted by Crippen LogP contribution is 2.36. The summed E-state index contributed by atoms with van der Waals surface area (Å²) in [4.78, 5) is 12.1. The first-order valence-corrected chi connectivity index (χ1v) is 8.00. The number of nitrogens with one attached hydrogen (secondary N) is 1. The molecule has 0 spiro atoms. The van der Waals surface area contributed by atoms with Crippen molar-refractivity contribution in [2.45, 2.75) is 19.2 Å². The summed E-state index contributed by atoms with van der Waals surface area (Å²) in [5.74, 6) is -0.428. The van der Waals surface area contributed by atoms with Gasteiger partial charge in [0.05, 0.1) is 15.6 Å². The van der Waals surface area contributed by atoms with Crippen LogP contribution in [0.5, 0.6) is 5.75 Å². The molecule has 0 aliphatic carbocycles. The first-order chi connectivity index (χ1) is 11.6. The minimum absolute atomic E-state index is 0.0561. The number of rotatable bonds is 4. The van der Waals surface area contributed by atoms with Crippen LogP contribution in [-0.4, -0.2) is 12.0 Å². The molecule has 134 valence electrons. The molecule has 1 atom stereocenters. The maximum absolute atomic E-state index is 12.8. The van der Waals surface area contributed by atoms with Gasteiger partial charge < -0.3 is 10.1 Å². The molecule has 0 saturated heterocycles. The van der Waals surface area contributed by atoms with Crippen LogP contribution < -0.4 is 10.1 Å². The van der Waals surface area contributed by atoms with Gasteiger partial charge in [-0.25, -0.2) is 0 Å². The minimum Gasteiger partial charge on any atom is -0.479 e. The number of alkyl halides is 3. The lowest BCUT2D eigenvalue weighted by Gasteiger charge is -2.17. The molecule has 1 N–H and O–H groups in total. The Kier molecular flexibility index (Phi) is 6.08. The quantitative estimate of drug-likeness (QED) is 0.662. The third kappa shape index (κ3) is 5.17. The summed E-state index contributed by atoms with van der Waals surface area (Å²) in [6, 6.07) is 7.53. The Morgan fingerprint density at radius 3 is 2.36 bits per heavy atom. The Morgan fingerprint density at radius 1 is 1.08 bits per heavy atom. The third-order valence-corrected chi connectivity index (χ3v) is 3.97. The lowest BCUT2D eigenvalue weighted by Crippen LogP contribution is -2.30. The minimum atomic E-state index is -4.63. The molecule has 0 saturated carbocycles. The van der Waals surface area contributed by atoms with Gasteiger partial charge in [0.15, 0.2) is 6.10 Å². The molecule has 2 aromatic rings. The first kappa shape index (κ1) is 19.7. The molecule has 1 amide bonds. The predicted molar refractivity (Wildman–Crippen MR) is 91.6 cm³/mol. The molecule has 9 heteroatoms. The second-order valence-corrected chi connectivity index (χ2v) is 6.27. The molecular formula is C16H11Cl3F3NO2. The van der Waals surface area contributed by atoms with Crippen molar-refractivity contribution in [3.05, 3.63) is 57.0 Å². The number of ether oxygens (including phenoxy) is 1. The number of benzene rings is 2. The van der Waals surface area contributed by atoms with E-state index < -0.39 is 28.8 Å². The molecule has 0 aliphatic rings. The lowest BCUT2D eigenvalue weighted by molar-refractivity contribution is -0.137. The van der Waals surface area contributed by atoms with Gasteiger partial charge >= 0.3 is 6.18 Å². The Labute approximate surface area is 156 Å². The van der Waals surface area contributed by atoms with Crippen molar-refractivity contribution in [1.29, 1.82) is 0 Å². The lowest BCUT2D eigenvalue weighted by atomic mass is 10.2.